The molecule has 0 amide bonds. The summed E-state index contributed by atoms with van der Waals surface area (Å²) in [5, 5.41) is 21.2. The van der Waals surface area contributed by atoms with Gasteiger partial charge in [-0.25, -0.2) is 0 Å². The molecular weight excluding hydrogens is 292 g/mol. The lowest BCUT2D eigenvalue weighted by atomic mass is 10.00. The minimum Gasteiger partial charge on any atom is -0.396 e. The number of aliphatic hydroxyl groups excluding tert-OH is 1. The van der Waals surface area contributed by atoms with Gasteiger partial charge in [-0.05, 0) is 37.0 Å². The highest BCUT2D eigenvalue weighted by Gasteiger charge is 2.07. The number of anilines is 1. The first-order valence-electron chi connectivity index (χ1n) is 6.25. The van der Waals surface area contributed by atoms with Crippen LogP contribution in [0.2, 0.25) is 0 Å². The summed E-state index contributed by atoms with van der Waals surface area (Å²) in [5.74, 6) is 0.476. The van der Waals surface area contributed by atoms with E-state index in [2.05, 4.69) is 34.2 Å². The number of hydrogen-bond acceptors (Lipinski definition) is 3. The Balaban J connectivity index is 2.61. The van der Waals surface area contributed by atoms with Crippen LogP contribution < -0.4 is 5.32 Å². The van der Waals surface area contributed by atoms with E-state index in [1.54, 1.807) is 6.07 Å². The van der Waals surface area contributed by atoms with Crippen LogP contribution in [0.4, 0.5) is 5.69 Å². The van der Waals surface area contributed by atoms with E-state index in [4.69, 9.17) is 10.4 Å². The van der Waals surface area contributed by atoms with Crippen molar-refractivity contribution in [3.05, 3.63) is 28.2 Å². The monoisotopic (exact) mass is 310 g/mol. The third-order valence-electron chi connectivity index (χ3n) is 2.86. The molecular formula is C14H19BrN2O. The highest BCUT2D eigenvalue weighted by atomic mass is 79.9. The van der Waals surface area contributed by atoms with Crippen molar-refractivity contribution in [1.82, 2.24) is 0 Å². The molecule has 0 saturated carbocycles. The maximum Gasteiger partial charge on any atom is 0.0992 e. The van der Waals surface area contributed by atoms with Gasteiger partial charge in [-0.2, -0.15) is 5.26 Å². The smallest absolute Gasteiger partial charge is 0.0992 e. The van der Waals surface area contributed by atoms with Gasteiger partial charge in [0.2, 0.25) is 0 Å². The highest BCUT2D eigenvalue weighted by Crippen LogP contribution is 2.20. The van der Waals surface area contributed by atoms with Crippen LogP contribution in [0.1, 0.15) is 31.7 Å². The summed E-state index contributed by atoms with van der Waals surface area (Å²) in [7, 11) is 0. The summed E-state index contributed by atoms with van der Waals surface area (Å²) in [5.41, 5.74) is 1.58. The number of hydrogen-bond donors (Lipinski definition) is 2. The van der Waals surface area contributed by atoms with Crippen LogP contribution in [0.15, 0.2) is 22.7 Å². The van der Waals surface area contributed by atoms with Gasteiger partial charge in [-0.15, -0.1) is 0 Å². The molecule has 0 fully saturated rings. The SMILES string of the molecule is CCCC(CCO)CNc1cc(Br)cc(C#N)c1. The van der Waals surface area contributed by atoms with Gasteiger partial charge in [0.05, 0.1) is 11.6 Å². The van der Waals surface area contributed by atoms with Crippen molar-refractivity contribution >= 4 is 21.6 Å². The van der Waals surface area contributed by atoms with Gasteiger partial charge in [0.1, 0.15) is 0 Å². The topological polar surface area (TPSA) is 56.0 Å². The minimum atomic E-state index is 0.230. The Hall–Kier alpha value is -1.05. The van der Waals surface area contributed by atoms with Gasteiger partial charge in [0, 0.05) is 23.3 Å². The molecule has 1 rings (SSSR count). The van der Waals surface area contributed by atoms with Gasteiger partial charge in [0.15, 0.2) is 0 Å². The third kappa shape index (κ3) is 5.07. The number of nitrogens with one attached hydrogen (secondary N) is 1. The average molecular weight is 311 g/mol. The van der Waals surface area contributed by atoms with Crippen LogP contribution in [0.25, 0.3) is 0 Å². The molecule has 0 spiro atoms. The normalized spacial score (nSPS) is 11.9. The lowest BCUT2D eigenvalue weighted by Gasteiger charge is -2.16. The molecule has 0 radical (unpaired) electrons. The molecule has 3 nitrogen and oxygen atoms in total. The molecule has 1 aromatic carbocycles. The number of benzene rings is 1. The Morgan fingerprint density at radius 1 is 1.39 bits per heavy atom. The second-order valence-electron chi connectivity index (χ2n) is 4.39. The number of aliphatic hydroxyl groups is 1. The van der Waals surface area contributed by atoms with Gasteiger partial charge < -0.3 is 10.4 Å². The zero-order chi connectivity index (χ0) is 13.4. The van der Waals surface area contributed by atoms with Gasteiger partial charge >= 0.3 is 0 Å². The van der Waals surface area contributed by atoms with Crippen molar-refractivity contribution in [3.8, 4) is 6.07 Å². The number of rotatable bonds is 7. The quantitative estimate of drug-likeness (QED) is 0.810. The third-order valence-corrected chi connectivity index (χ3v) is 3.31. The first kappa shape index (κ1) is 15.0. The number of halogens is 1. The predicted molar refractivity (Wildman–Crippen MR) is 77.4 cm³/mol. The molecule has 0 aromatic heterocycles. The molecule has 0 saturated heterocycles. The van der Waals surface area contributed by atoms with Gasteiger partial charge in [-0.1, -0.05) is 29.3 Å². The van der Waals surface area contributed by atoms with Gasteiger partial charge in [-0.3, -0.25) is 0 Å². The van der Waals surface area contributed by atoms with E-state index in [9.17, 15) is 0 Å². The fourth-order valence-electron chi connectivity index (χ4n) is 1.96. The zero-order valence-corrected chi connectivity index (χ0v) is 12.2. The molecule has 18 heavy (non-hydrogen) atoms. The van der Waals surface area contributed by atoms with Crippen LogP contribution in [0.3, 0.4) is 0 Å². The summed E-state index contributed by atoms with van der Waals surface area (Å²) < 4.78 is 0.901. The predicted octanol–water partition coefficient (Wildman–Crippen LogP) is 3.53. The Morgan fingerprint density at radius 3 is 2.78 bits per heavy atom. The Bertz CT molecular complexity index is 409. The highest BCUT2D eigenvalue weighted by molar-refractivity contribution is 9.10. The molecule has 0 bridgehead atoms. The summed E-state index contributed by atoms with van der Waals surface area (Å²) in [6.07, 6.45) is 3.04. The van der Waals surface area contributed by atoms with E-state index in [1.807, 2.05) is 12.1 Å². The van der Waals surface area contributed by atoms with E-state index < -0.39 is 0 Å². The zero-order valence-electron chi connectivity index (χ0n) is 10.6. The Kier molecular flexibility index (Phi) is 6.77. The average Bonchev–Trinajstić information content (AvgIpc) is 2.36. The van der Waals surface area contributed by atoms with Crippen LogP contribution in [-0.2, 0) is 0 Å². The summed E-state index contributed by atoms with van der Waals surface area (Å²) in [6, 6.07) is 7.73. The second kappa shape index (κ2) is 8.12. The van der Waals surface area contributed by atoms with E-state index in [1.165, 1.54) is 0 Å². The van der Waals surface area contributed by atoms with E-state index in [0.29, 0.717) is 11.5 Å². The Morgan fingerprint density at radius 2 is 2.17 bits per heavy atom. The van der Waals surface area contributed by atoms with Crippen molar-refractivity contribution in [2.45, 2.75) is 26.2 Å². The largest absolute Gasteiger partial charge is 0.396 e. The standard InChI is InChI=1S/C14H19BrN2O/c1-2-3-11(4-5-18)10-17-14-7-12(9-16)6-13(15)8-14/h6-8,11,17-18H,2-5,10H2,1H3. The molecule has 4 heteroatoms. The number of nitrogens with zero attached hydrogens (tertiary/aromatic N) is 1. The first-order valence-corrected chi connectivity index (χ1v) is 7.04. The Labute approximate surface area is 117 Å². The molecule has 1 atom stereocenters. The maximum atomic E-state index is 9.01. The molecule has 0 aliphatic carbocycles. The lowest BCUT2D eigenvalue weighted by Crippen LogP contribution is -2.15. The molecule has 0 heterocycles. The second-order valence-corrected chi connectivity index (χ2v) is 5.30. The molecule has 2 N–H and O–H groups in total. The van der Waals surface area contributed by atoms with Crippen molar-refractivity contribution in [2.75, 3.05) is 18.5 Å². The van der Waals surface area contributed by atoms with Crippen LogP contribution in [-0.4, -0.2) is 18.3 Å². The molecule has 1 aromatic rings. The van der Waals surface area contributed by atoms with Crippen LogP contribution >= 0.6 is 15.9 Å². The number of nitriles is 1. The summed E-state index contributed by atoms with van der Waals surface area (Å²) in [4.78, 5) is 0. The molecule has 0 aliphatic heterocycles. The van der Waals surface area contributed by atoms with Crippen LogP contribution in [0.5, 0.6) is 0 Å². The van der Waals surface area contributed by atoms with Gasteiger partial charge in [0.25, 0.3) is 0 Å². The van der Waals surface area contributed by atoms with Crippen molar-refractivity contribution in [3.63, 3.8) is 0 Å². The van der Waals surface area contributed by atoms with E-state index in [-0.39, 0.29) is 6.61 Å². The molecule has 98 valence electrons. The lowest BCUT2D eigenvalue weighted by molar-refractivity contribution is 0.255. The fourth-order valence-corrected chi connectivity index (χ4v) is 2.45. The minimum absolute atomic E-state index is 0.230. The van der Waals surface area contributed by atoms with E-state index >= 15 is 0 Å². The molecule has 1 unspecified atom stereocenters. The van der Waals surface area contributed by atoms with Crippen LogP contribution in [0, 0.1) is 17.2 Å². The fraction of sp³-hybridized carbons (Fsp3) is 0.500. The van der Waals surface area contributed by atoms with E-state index in [0.717, 1.165) is 36.0 Å². The summed E-state index contributed by atoms with van der Waals surface area (Å²) in [6.45, 7) is 3.21. The summed E-state index contributed by atoms with van der Waals surface area (Å²) >= 11 is 3.39. The first-order chi connectivity index (χ1) is 8.69. The molecule has 0 aliphatic rings. The van der Waals surface area contributed by atoms with Crippen molar-refractivity contribution in [1.29, 1.82) is 5.26 Å². The van der Waals surface area contributed by atoms with Crippen molar-refractivity contribution < 1.29 is 5.11 Å². The maximum absolute atomic E-state index is 9.01. The van der Waals surface area contributed by atoms with Crippen molar-refractivity contribution in [2.24, 2.45) is 5.92 Å².